The smallest absolute Gasteiger partial charge is 0.261 e. The van der Waals surface area contributed by atoms with Crippen LogP contribution in [0.5, 0.6) is 0 Å². The summed E-state index contributed by atoms with van der Waals surface area (Å²) in [6.07, 6.45) is 0.328. The highest BCUT2D eigenvalue weighted by atomic mass is 19.3. The van der Waals surface area contributed by atoms with Crippen LogP contribution >= 0.6 is 0 Å². The van der Waals surface area contributed by atoms with Crippen molar-refractivity contribution in [3.05, 3.63) is 24.0 Å². The van der Waals surface area contributed by atoms with Crippen LogP contribution in [0.3, 0.4) is 0 Å². The molecule has 4 N–H and O–H groups in total. The molecular weight excluding hydrogens is 246 g/mol. The van der Waals surface area contributed by atoms with Gasteiger partial charge in [0.05, 0.1) is 17.9 Å². The van der Waals surface area contributed by atoms with E-state index in [0.29, 0.717) is 5.69 Å². The van der Waals surface area contributed by atoms with E-state index < -0.39 is 18.9 Å². The summed E-state index contributed by atoms with van der Waals surface area (Å²) in [6, 6.07) is 1.54. The summed E-state index contributed by atoms with van der Waals surface area (Å²) < 4.78 is 28.1. The van der Waals surface area contributed by atoms with Crippen molar-refractivity contribution in [2.75, 3.05) is 25.2 Å². The number of hydrazine groups is 1. The van der Waals surface area contributed by atoms with Gasteiger partial charge in [0, 0.05) is 18.9 Å². The molecule has 1 rings (SSSR count). The van der Waals surface area contributed by atoms with Crippen molar-refractivity contribution < 1.29 is 18.3 Å². The molecule has 0 aromatic carbocycles. The molecule has 1 aromatic heterocycles. The number of carbonyl (C=O) groups is 1. The van der Waals surface area contributed by atoms with Gasteiger partial charge in [0.2, 0.25) is 0 Å². The third kappa shape index (κ3) is 4.60. The van der Waals surface area contributed by atoms with E-state index in [1.165, 1.54) is 12.4 Å². The summed E-state index contributed by atoms with van der Waals surface area (Å²) in [5.41, 5.74) is 3.06. The highest BCUT2D eigenvalue weighted by Crippen LogP contribution is 2.11. The molecule has 0 radical (unpaired) electrons. The predicted octanol–water partition coefficient (Wildman–Crippen LogP) is 0.379. The number of hydrogen-bond donors (Lipinski definition) is 3. The lowest BCUT2D eigenvalue weighted by atomic mass is 10.2. The molecule has 0 saturated heterocycles. The van der Waals surface area contributed by atoms with E-state index >= 15 is 0 Å². The van der Waals surface area contributed by atoms with E-state index in [-0.39, 0.29) is 18.7 Å². The minimum atomic E-state index is -2.51. The Morgan fingerprint density at radius 3 is 3.00 bits per heavy atom. The molecule has 0 atom stereocenters. The summed E-state index contributed by atoms with van der Waals surface area (Å²) in [5.74, 6) is 4.83. The number of rotatable bonds is 7. The van der Waals surface area contributed by atoms with Gasteiger partial charge in [0.25, 0.3) is 12.3 Å². The quantitative estimate of drug-likeness (QED) is 0.374. The van der Waals surface area contributed by atoms with Crippen molar-refractivity contribution in [3.8, 4) is 0 Å². The second-order valence-corrected chi connectivity index (χ2v) is 3.29. The zero-order chi connectivity index (χ0) is 13.4. The van der Waals surface area contributed by atoms with Crippen LogP contribution in [0.4, 0.5) is 14.5 Å². The molecule has 6 nitrogen and oxygen atoms in total. The van der Waals surface area contributed by atoms with Gasteiger partial charge in [-0.2, -0.15) is 0 Å². The lowest BCUT2D eigenvalue weighted by Gasteiger charge is -2.09. The van der Waals surface area contributed by atoms with Gasteiger partial charge in [-0.1, -0.05) is 0 Å². The zero-order valence-corrected chi connectivity index (χ0v) is 9.53. The van der Waals surface area contributed by atoms with Crippen LogP contribution in [0.2, 0.25) is 0 Å². The average Bonchev–Trinajstić information content (AvgIpc) is 2.37. The summed E-state index contributed by atoms with van der Waals surface area (Å²) in [6.45, 7) is -0.495. The Hall–Kier alpha value is -1.80. The van der Waals surface area contributed by atoms with Crippen LogP contribution in [0.15, 0.2) is 18.5 Å². The molecule has 100 valence electrons. The van der Waals surface area contributed by atoms with Crippen LogP contribution in [-0.2, 0) is 4.74 Å². The number of nitrogens with one attached hydrogen (secondary N) is 2. The van der Waals surface area contributed by atoms with Crippen molar-refractivity contribution in [2.24, 2.45) is 5.84 Å². The van der Waals surface area contributed by atoms with Gasteiger partial charge in [-0.15, -0.1) is 0 Å². The predicted molar refractivity (Wildman–Crippen MR) is 61.2 cm³/mol. The van der Waals surface area contributed by atoms with Gasteiger partial charge >= 0.3 is 0 Å². The summed E-state index contributed by atoms with van der Waals surface area (Å²) >= 11 is 0. The molecule has 0 spiro atoms. The molecule has 1 amide bonds. The summed E-state index contributed by atoms with van der Waals surface area (Å²) in [4.78, 5) is 15.5. The van der Waals surface area contributed by atoms with E-state index in [1.54, 1.807) is 6.07 Å². The maximum absolute atomic E-state index is 11.7. The van der Waals surface area contributed by atoms with Gasteiger partial charge < -0.3 is 15.5 Å². The van der Waals surface area contributed by atoms with Crippen molar-refractivity contribution in [1.82, 2.24) is 10.3 Å². The molecule has 0 fully saturated rings. The van der Waals surface area contributed by atoms with Gasteiger partial charge in [-0.05, 0) is 6.07 Å². The normalized spacial score (nSPS) is 10.4. The number of anilines is 1. The number of nitrogen functional groups attached to an aromatic ring is 1. The Morgan fingerprint density at radius 1 is 1.56 bits per heavy atom. The minimum Gasteiger partial charge on any atom is -0.374 e. The molecular formula is C10H14F2N4O2. The highest BCUT2D eigenvalue weighted by molar-refractivity contribution is 5.99. The SMILES string of the molecule is NNc1ccncc1C(=O)NCCOCC(F)F. The fourth-order valence-electron chi connectivity index (χ4n) is 1.21. The number of amides is 1. The molecule has 18 heavy (non-hydrogen) atoms. The molecule has 0 saturated carbocycles. The molecule has 0 bridgehead atoms. The molecule has 0 aliphatic rings. The first-order valence-corrected chi connectivity index (χ1v) is 5.20. The van der Waals surface area contributed by atoms with E-state index in [2.05, 4.69) is 20.5 Å². The van der Waals surface area contributed by atoms with Crippen molar-refractivity contribution in [1.29, 1.82) is 0 Å². The number of halogens is 2. The lowest BCUT2D eigenvalue weighted by molar-refractivity contribution is 0.0188. The molecule has 0 aliphatic carbocycles. The Labute approximate surface area is 102 Å². The van der Waals surface area contributed by atoms with Crippen LogP contribution in [0.25, 0.3) is 0 Å². The summed E-state index contributed by atoms with van der Waals surface area (Å²) in [5, 5.41) is 2.50. The number of ether oxygens (including phenoxy) is 1. The van der Waals surface area contributed by atoms with Crippen molar-refractivity contribution in [3.63, 3.8) is 0 Å². The first-order chi connectivity index (χ1) is 8.65. The molecule has 8 heteroatoms. The van der Waals surface area contributed by atoms with Gasteiger partial charge in [0.15, 0.2) is 0 Å². The Kier molecular flexibility index (Phi) is 5.95. The van der Waals surface area contributed by atoms with Crippen LogP contribution in [0, 0.1) is 0 Å². The second kappa shape index (κ2) is 7.51. The minimum absolute atomic E-state index is 0.0156. The number of hydrogen-bond acceptors (Lipinski definition) is 5. The lowest BCUT2D eigenvalue weighted by Crippen LogP contribution is -2.29. The molecule has 0 aliphatic heterocycles. The number of pyridine rings is 1. The number of alkyl halides is 2. The second-order valence-electron chi connectivity index (χ2n) is 3.29. The molecule has 1 heterocycles. The topological polar surface area (TPSA) is 89.3 Å². The maximum Gasteiger partial charge on any atom is 0.261 e. The number of carbonyl (C=O) groups excluding carboxylic acids is 1. The van der Waals surface area contributed by atoms with Crippen molar-refractivity contribution >= 4 is 11.6 Å². The van der Waals surface area contributed by atoms with E-state index in [1.807, 2.05) is 0 Å². The Balaban J connectivity index is 2.36. The van der Waals surface area contributed by atoms with E-state index in [4.69, 9.17) is 5.84 Å². The van der Waals surface area contributed by atoms with Crippen LogP contribution < -0.4 is 16.6 Å². The standard InChI is InChI=1S/C10H14F2N4O2/c11-9(12)6-18-4-3-15-10(17)7-5-14-2-1-8(7)16-13/h1-2,5,9H,3-4,6,13H2,(H,14,16)(H,15,17). The third-order valence-corrected chi connectivity index (χ3v) is 2.00. The van der Waals surface area contributed by atoms with Crippen molar-refractivity contribution in [2.45, 2.75) is 6.43 Å². The fraction of sp³-hybridized carbons (Fsp3) is 0.400. The van der Waals surface area contributed by atoms with Crippen LogP contribution in [-0.4, -0.2) is 37.1 Å². The fourth-order valence-corrected chi connectivity index (χ4v) is 1.21. The number of nitrogens with two attached hydrogens (primary N) is 1. The first-order valence-electron chi connectivity index (χ1n) is 5.20. The largest absolute Gasteiger partial charge is 0.374 e. The van der Waals surface area contributed by atoms with Gasteiger partial charge in [-0.3, -0.25) is 15.6 Å². The van der Waals surface area contributed by atoms with Gasteiger partial charge in [0.1, 0.15) is 6.61 Å². The average molecular weight is 260 g/mol. The van der Waals surface area contributed by atoms with E-state index in [9.17, 15) is 13.6 Å². The molecule has 1 aromatic rings. The Morgan fingerprint density at radius 2 is 2.33 bits per heavy atom. The Bertz CT molecular complexity index is 390. The monoisotopic (exact) mass is 260 g/mol. The summed E-state index contributed by atoms with van der Waals surface area (Å²) in [7, 11) is 0. The number of aromatic nitrogens is 1. The zero-order valence-electron chi connectivity index (χ0n) is 9.53. The number of nitrogens with zero attached hydrogens (tertiary/aromatic N) is 1. The van der Waals surface area contributed by atoms with E-state index in [0.717, 1.165) is 0 Å². The highest BCUT2D eigenvalue weighted by Gasteiger charge is 2.10. The van der Waals surface area contributed by atoms with Gasteiger partial charge in [-0.25, -0.2) is 8.78 Å². The molecule has 0 unspecified atom stereocenters. The maximum atomic E-state index is 11.7. The first kappa shape index (κ1) is 14.3. The third-order valence-electron chi connectivity index (χ3n) is 2.00. The van der Waals surface area contributed by atoms with Crippen LogP contribution in [0.1, 0.15) is 10.4 Å².